The minimum atomic E-state index is -0.763. The van der Waals surface area contributed by atoms with E-state index in [2.05, 4.69) is 37.3 Å². The van der Waals surface area contributed by atoms with E-state index in [1.54, 1.807) is 42.8 Å². The number of amides is 1. The van der Waals surface area contributed by atoms with E-state index in [9.17, 15) is 20.2 Å². The summed E-state index contributed by atoms with van der Waals surface area (Å²) in [6, 6.07) is 16.0. The molecule has 0 spiro atoms. The van der Waals surface area contributed by atoms with E-state index in [0.29, 0.717) is 23.5 Å². The van der Waals surface area contributed by atoms with Gasteiger partial charge in [0.2, 0.25) is 0 Å². The number of rotatable bonds is 6. The topological polar surface area (TPSA) is 114 Å². The molecular formula is C25H27N5O3. The molecule has 170 valence electrons. The van der Waals surface area contributed by atoms with Crippen LogP contribution in [0.2, 0.25) is 0 Å². The van der Waals surface area contributed by atoms with Crippen molar-refractivity contribution in [3.05, 3.63) is 92.3 Å². The molecule has 0 fully saturated rings. The van der Waals surface area contributed by atoms with Crippen LogP contribution in [-0.2, 0) is 12.0 Å². The fraction of sp³-hybridized carbons (Fsp3) is 0.320. The number of nitrogens with one attached hydrogen (secondary N) is 1. The molecule has 1 amide bonds. The highest BCUT2D eigenvalue weighted by Gasteiger charge is 2.22. The van der Waals surface area contributed by atoms with Crippen LogP contribution in [0.1, 0.15) is 65.2 Å². The monoisotopic (exact) mass is 445 g/mol. The smallest absolute Gasteiger partial charge is 0.312 e. The second-order valence-electron chi connectivity index (χ2n) is 9.04. The van der Waals surface area contributed by atoms with Gasteiger partial charge in [-0.25, -0.2) is 0 Å². The predicted octanol–water partition coefficient (Wildman–Crippen LogP) is 4.75. The minimum absolute atomic E-state index is 0.00396. The molecule has 1 aromatic heterocycles. The summed E-state index contributed by atoms with van der Waals surface area (Å²) in [6.45, 7) is 9.97. The molecule has 1 atom stereocenters. The van der Waals surface area contributed by atoms with Crippen molar-refractivity contribution in [3.63, 3.8) is 0 Å². The molecule has 0 aliphatic heterocycles. The lowest BCUT2D eigenvalue weighted by atomic mass is 9.86. The van der Waals surface area contributed by atoms with Crippen LogP contribution in [0.3, 0.4) is 0 Å². The van der Waals surface area contributed by atoms with Gasteiger partial charge < -0.3 is 5.32 Å². The number of benzene rings is 2. The van der Waals surface area contributed by atoms with Crippen LogP contribution >= 0.6 is 0 Å². The number of carbonyl (C=O) groups excluding carboxylic acids is 1. The Morgan fingerprint density at radius 3 is 2.24 bits per heavy atom. The van der Waals surface area contributed by atoms with E-state index in [0.717, 1.165) is 16.7 Å². The van der Waals surface area contributed by atoms with Crippen molar-refractivity contribution in [1.82, 2.24) is 15.1 Å². The van der Waals surface area contributed by atoms with E-state index in [1.165, 1.54) is 0 Å². The van der Waals surface area contributed by atoms with Gasteiger partial charge in [0.05, 0.1) is 17.5 Å². The van der Waals surface area contributed by atoms with Gasteiger partial charge in [0.1, 0.15) is 17.4 Å². The van der Waals surface area contributed by atoms with Gasteiger partial charge in [-0.3, -0.25) is 19.6 Å². The van der Waals surface area contributed by atoms with Crippen LogP contribution in [0.5, 0.6) is 0 Å². The third-order valence-electron chi connectivity index (χ3n) is 5.59. The summed E-state index contributed by atoms with van der Waals surface area (Å²) in [7, 11) is 0. The van der Waals surface area contributed by atoms with Gasteiger partial charge in [0, 0.05) is 5.56 Å². The standard InChI is InChI=1S/C25H27N5O3/c1-16-23(30(32)33)17(2)29(28-16)15-18-6-8-20(9-7-18)24(31)27-22(14-26)19-10-12-21(13-11-19)25(3,4)5/h6-13,22H,15H2,1-5H3,(H,27,31). The number of aryl methyl sites for hydroxylation is 1. The summed E-state index contributed by atoms with van der Waals surface area (Å²) in [6.07, 6.45) is 0. The molecule has 3 aromatic rings. The summed E-state index contributed by atoms with van der Waals surface area (Å²) >= 11 is 0. The molecule has 2 aromatic carbocycles. The molecule has 3 rings (SSSR count). The lowest BCUT2D eigenvalue weighted by Gasteiger charge is -2.20. The summed E-state index contributed by atoms with van der Waals surface area (Å²) in [5.41, 5.74) is 4.01. The third kappa shape index (κ3) is 5.26. The summed E-state index contributed by atoms with van der Waals surface area (Å²) in [5, 5.41) is 27.8. The Morgan fingerprint density at radius 1 is 1.15 bits per heavy atom. The minimum Gasteiger partial charge on any atom is -0.333 e. The summed E-state index contributed by atoms with van der Waals surface area (Å²) in [4.78, 5) is 23.5. The van der Waals surface area contributed by atoms with Gasteiger partial charge in [0.15, 0.2) is 0 Å². The molecule has 33 heavy (non-hydrogen) atoms. The number of hydrogen-bond acceptors (Lipinski definition) is 5. The van der Waals surface area contributed by atoms with Crippen molar-refractivity contribution in [1.29, 1.82) is 5.26 Å². The van der Waals surface area contributed by atoms with Gasteiger partial charge in [-0.15, -0.1) is 0 Å². The molecule has 0 saturated carbocycles. The predicted molar refractivity (Wildman–Crippen MR) is 125 cm³/mol. The SMILES string of the molecule is Cc1nn(Cc2ccc(C(=O)NC(C#N)c3ccc(C(C)(C)C)cc3)cc2)c(C)c1[N+](=O)[O-]. The Morgan fingerprint density at radius 2 is 1.76 bits per heavy atom. The first-order valence-corrected chi connectivity index (χ1v) is 10.6. The second kappa shape index (κ2) is 9.25. The summed E-state index contributed by atoms with van der Waals surface area (Å²) in [5.74, 6) is -0.352. The maximum absolute atomic E-state index is 12.7. The molecule has 0 radical (unpaired) electrons. The van der Waals surface area contributed by atoms with Gasteiger partial charge in [-0.2, -0.15) is 10.4 Å². The Balaban J connectivity index is 1.70. The molecule has 1 unspecified atom stereocenters. The molecule has 8 heteroatoms. The number of nitrogens with zero attached hydrogens (tertiary/aromatic N) is 4. The van der Waals surface area contributed by atoms with Gasteiger partial charge in [-0.1, -0.05) is 57.2 Å². The molecular weight excluding hydrogens is 418 g/mol. The van der Waals surface area contributed by atoms with Crippen molar-refractivity contribution in [2.75, 3.05) is 0 Å². The number of nitriles is 1. The van der Waals surface area contributed by atoms with Crippen LogP contribution in [0, 0.1) is 35.3 Å². The molecule has 1 N–H and O–H groups in total. The quantitative estimate of drug-likeness (QED) is 0.434. The average Bonchev–Trinajstić information content (AvgIpc) is 3.04. The highest BCUT2D eigenvalue weighted by molar-refractivity contribution is 5.94. The largest absolute Gasteiger partial charge is 0.333 e. The van der Waals surface area contributed by atoms with E-state index in [-0.39, 0.29) is 17.0 Å². The fourth-order valence-electron chi connectivity index (χ4n) is 3.62. The van der Waals surface area contributed by atoms with Crippen LogP contribution in [0.25, 0.3) is 0 Å². The number of carbonyl (C=O) groups is 1. The van der Waals surface area contributed by atoms with Gasteiger partial charge >= 0.3 is 5.69 Å². The van der Waals surface area contributed by atoms with Crippen molar-refractivity contribution in [3.8, 4) is 6.07 Å². The maximum atomic E-state index is 12.7. The second-order valence-corrected chi connectivity index (χ2v) is 9.04. The van der Waals surface area contributed by atoms with Crippen LogP contribution < -0.4 is 5.32 Å². The van der Waals surface area contributed by atoms with Crippen LogP contribution in [0.4, 0.5) is 5.69 Å². The zero-order chi connectivity index (χ0) is 24.3. The number of hydrogen-bond donors (Lipinski definition) is 1. The zero-order valence-electron chi connectivity index (χ0n) is 19.4. The van der Waals surface area contributed by atoms with E-state index in [4.69, 9.17) is 0 Å². The lowest BCUT2D eigenvalue weighted by Crippen LogP contribution is -2.27. The molecule has 8 nitrogen and oxygen atoms in total. The number of aromatic nitrogens is 2. The normalized spacial score (nSPS) is 12.1. The number of nitro groups is 1. The maximum Gasteiger partial charge on any atom is 0.312 e. The third-order valence-corrected chi connectivity index (χ3v) is 5.59. The highest BCUT2D eigenvalue weighted by Crippen LogP contribution is 2.25. The Labute approximate surface area is 193 Å². The Kier molecular flexibility index (Phi) is 6.63. The average molecular weight is 446 g/mol. The molecule has 0 saturated heterocycles. The first-order valence-electron chi connectivity index (χ1n) is 10.6. The van der Waals surface area contributed by atoms with E-state index < -0.39 is 11.0 Å². The fourth-order valence-corrected chi connectivity index (χ4v) is 3.62. The van der Waals surface area contributed by atoms with Crippen LogP contribution in [-0.4, -0.2) is 20.6 Å². The van der Waals surface area contributed by atoms with E-state index >= 15 is 0 Å². The summed E-state index contributed by atoms with van der Waals surface area (Å²) < 4.78 is 1.58. The van der Waals surface area contributed by atoms with Crippen LogP contribution in [0.15, 0.2) is 48.5 Å². The first kappa shape index (κ1) is 23.7. The van der Waals surface area contributed by atoms with Gasteiger partial charge in [0.25, 0.3) is 5.91 Å². The van der Waals surface area contributed by atoms with E-state index in [1.807, 2.05) is 24.3 Å². The van der Waals surface area contributed by atoms with Crippen molar-refractivity contribution < 1.29 is 9.72 Å². The Bertz CT molecular complexity index is 1210. The zero-order valence-corrected chi connectivity index (χ0v) is 19.4. The molecule has 0 bridgehead atoms. The van der Waals surface area contributed by atoms with Crippen molar-refractivity contribution in [2.24, 2.45) is 0 Å². The Hall–Kier alpha value is -3.99. The molecule has 0 aliphatic carbocycles. The molecule has 1 heterocycles. The van der Waals surface area contributed by atoms with Crippen molar-refractivity contribution >= 4 is 11.6 Å². The van der Waals surface area contributed by atoms with Gasteiger partial charge in [-0.05, 0) is 48.1 Å². The lowest BCUT2D eigenvalue weighted by molar-refractivity contribution is -0.386. The molecule has 0 aliphatic rings. The first-order chi connectivity index (χ1) is 15.5. The van der Waals surface area contributed by atoms with Crippen molar-refractivity contribution in [2.45, 2.75) is 52.6 Å². The highest BCUT2D eigenvalue weighted by atomic mass is 16.6.